The van der Waals surface area contributed by atoms with E-state index >= 15 is 0 Å². The molecular weight excluding hydrogens is 468 g/mol. The third-order valence-corrected chi connectivity index (χ3v) is 6.03. The van der Waals surface area contributed by atoms with Crippen LogP contribution in [0.4, 0.5) is 0 Å². The van der Waals surface area contributed by atoms with Crippen molar-refractivity contribution < 1.29 is 28.6 Å². The Morgan fingerprint density at radius 3 is 2.27 bits per heavy atom. The van der Waals surface area contributed by atoms with Gasteiger partial charge < -0.3 is 14.2 Å². The molecule has 0 N–H and O–H groups in total. The van der Waals surface area contributed by atoms with Crippen LogP contribution >= 0.6 is 23.4 Å². The Morgan fingerprint density at radius 1 is 0.939 bits per heavy atom. The molecule has 0 unspecified atom stereocenters. The molecule has 3 rings (SSSR count). The van der Waals surface area contributed by atoms with E-state index in [1.54, 1.807) is 42.5 Å². The molecule has 8 nitrogen and oxygen atoms in total. The molecule has 0 aliphatic carbocycles. The van der Waals surface area contributed by atoms with Crippen LogP contribution in [-0.4, -0.2) is 54.8 Å². The van der Waals surface area contributed by atoms with Crippen molar-refractivity contribution in [1.29, 1.82) is 0 Å². The van der Waals surface area contributed by atoms with Gasteiger partial charge in [-0.3, -0.25) is 4.79 Å². The lowest BCUT2D eigenvalue weighted by atomic mass is 10.1. The van der Waals surface area contributed by atoms with Gasteiger partial charge in [-0.1, -0.05) is 35.9 Å². The predicted octanol–water partition coefficient (Wildman–Crippen LogP) is 4.42. The highest BCUT2D eigenvalue weighted by atomic mass is 35.5. The largest absolute Gasteiger partial charge is 0.469 e. The van der Waals surface area contributed by atoms with Crippen LogP contribution in [0.2, 0.25) is 5.02 Å². The van der Waals surface area contributed by atoms with E-state index in [0.29, 0.717) is 26.9 Å². The molecule has 2 aromatic carbocycles. The van der Waals surface area contributed by atoms with E-state index in [-0.39, 0.29) is 29.3 Å². The van der Waals surface area contributed by atoms with Crippen molar-refractivity contribution in [2.45, 2.75) is 11.3 Å². The van der Waals surface area contributed by atoms with Gasteiger partial charge in [0.05, 0.1) is 38.5 Å². The Kier molecular flexibility index (Phi) is 8.13. The van der Waals surface area contributed by atoms with Crippen LogP contribution in [0, 0.1) is 0 Å². The molecule has 10 heteroatoms. The quantitative estimate of drug-likeness (QED) is 0.261. The second-order valence-corrected chi connectivity index (χ2v) is 8.13. The summed E-state index contributed by atoms with van der Waals surface area (Å²) in [7, 11) is 3.76. The molecule has 0 aliphatic heterocycles. The number of esters is 3. The summed E-state index contributed by atoms with van der Waals surface area (Å²) in [4.78, 5) is 37.8. The SMILES string of the molecule is COC(=O)CCSc1cccc(Cl)c1-c1nn(-c2ccccc2)c(C(=O)OC)c1C(=O)OC. The van der Waals surface area contributed by atoms with Crippen LogP contribution < -0.4 is 0 Å². The van der Waals surface area contributed by atoms with Gasteiger partial charge in [0.25, 0.3) is 0 Å². The Hall–Kier alpha value is -3.30. The van der Waals surface area contributed by atoms with Gasteiger partial charge >= 0.3 is 17.9 Å². The molecule has 0 spiro atoms. The molecular formula is C23H21ClN2O6S. The van der Waals surface area contributed by atoms with Crippen LogP contribution in [0.3, 0.4) is 0 Å². The van der Waals surface area contributed by atoms with Crippen molar-refractivity contribution in [1.82, 2.24) is 9.78 Å². The maximum absolute atomic E-state index is 12.9. The Morgan fingerprint density at radius 2 is 1.64 bits per heavy atom. The summed E-state index contributed by atoms with van der Waals surface area (Å²) in [6.07, 6.45) is 0.183. The first kappa shape index (κ1) is 24.3. The number of ether oxygens (including phenoxy) is 3. The molecule has 0 bridgehead atoms. The molecule has 33 heavy (non-hydrogen) atoms. The number of rotatable bonds is 8. The fourth-order valence-electron chi connectivity index (χ4n) is 3.13. The maximum Gasteiger partial charge on any atom is 0.357 e. The lowest BCUT2D eigenvalue weighted by Crippen LogP contribution is -2.15. The number of benzene rings is 2. The molecule has 0 saturated carbocycles. The number of hydrogen-bond donors (Lipinski definition) is 0. The molecule has 0 saturated heterocycles. The minimum atomic E-state index is -0.766. The second kappa shape index (κ2) is 11.0. The van der Waals surface area contributed by atoms with E-state index in [4.69, 9.17) is 25.8 Å². The summed E-state index contributed by atoms with van der Waals surface area (Å²) >= 11 is 7.90. The standard InChI is InChI=1S/C23H21ClN2O6S/c1-30-17(27)12-13-33-16-11-7-10-15(24)18(16)20-19(22(28)31-2)21(23(29)32-3)26(25-20)14-8-5-4-6-9-14/h4-11H,12-13H2,1-3H3. The molecule has 0 fully saturated rings. The van der Waals surface area contributed by atoms with Crippen LogP contribution in [-0.2, 0) is 19.0 Å². The van der Waals surface area contributed by atoms with Crippen LogP contribution in [0.5, 0.6) is 0 Å². The van der Waals surface area contributed by atoms with Crippen molar-refractivity contribution in [3.63, 3.8) is 0 Å². The normalized spacial score (nSPS) is 10.5. The van der Waals surface area contributed by atoms with Gasteiger partial charge in [0.2, 0.25) is 0 Å². The minimum absolute atomic E-state index is 0.0730. The zero-order chi connectivity index (χ0) is 24.0. The highest BCUT2D eigenvalue weighted by Gasteiger charge is 2.33. The van der Waals surface area contributed by atoms with Crippen molar-refractivity contribution in [2.24, 2.45) is 0 Å². The Labute approximate surface area is 199 Å². The number of carbonyl (C=O) groups excluding carboxylic acids is 3. The van der Waals surface area contributed by atoms with Gasteiger partial charge in [0, 0.05) is 16.2 Å². The van der Waals surface area contributed by atoms with Gasteiger partial charge in [-0.2, -0.15) is 5.10 Å². The first-order chi connectivity index (χ1) is 15.9. The van der Waals surface area contributed by atoms with E-state index in [0.717, 1.165) is 0 Å². The molecule has 0 aliphatic rings. The van der Waals surface area contributed by atoms with Crippen LogP contribution in [0.1, 0.15) is 27.3 Å². The third kappa shape index (κ3) is 5.20. The number of para-hydroxylation sites is 1. The number of halogens is 1. The van der Waals surface area contributed by atoms with Crippen molar-refractivity contribution in [2.75, 3.05) is 27.1 Å². The smallest absolute Gasteiger partial charge is 0.357 e. The van der Waals surface area contributed by atoms with Crippen molar-refractivity contribution in [3.05, 3.63) is 64.8 Å². The molecule has 0 amide bonds. The van der Waals surface area contributed by atoms with Gasteiger partial charge in [-0.15, -0.1) is 11.8 Å². The summed E-state index contributed by atoms with van der Waals surface area (Å²) in [5.74, 6) is -1.46. The van der Waals surface area contributed by atoms with Crippen molar-refractivity contribution >= 4 is 41.3 Å². The topological polar surface area (TPSA) is 96.7 Å². The number of carbonyl (C=O) groups is 3. The zero-order valence-electron chi connectivity index (χ0n) is 18.2. The first-order valence-corrected chi connectivity index (χ1v) is 11.1. The zero-order valence-corrected chi connectivity index (χ0v) is 19.7. The molecule has 0 atom stereocenters. The fraction of sp³-hybridized carbons (Fsp3) is 0.217. The van der Waals surface area contributed by atoms with Gasteiger partial charge in [0.1, 0.15) is 11.3 Å². The molecule has 0 radical (unpaired) electrons. The molecule has 172 valence electrons. The third-order valence-electron chi connectivity index (χ3n) is 4.66. The van der Waals surface area contributed by atoms with E-state index < -0.39 is 11.9 Å². The molecule has 1 aromatic heterocycles. The maximum atomic E-state index is 12.9. The number of methoxy groups -OCH3 is 3. The lowest BCUT2D eigenvalue weighted by molar-refractivity contribution is -0.140. The molecule has 3 aromatic rings. The summed E-state index contributed by atoms with van der Waals surface area (Å²) in [6, 6.07) is 14.0. The Bertz CT molecular complexity index is 1180. The van der Waals surface area contributed by atoms with E-state index in [9.17, 15) is 14.4 Å². The number of nitrogens with zero attached hydrogens (tertiary/aromatic N) is 2. The molecule has 1 heterocycles. The van der Waals surface area contributed by atoms with Crippen LogP contribution in [0.15, 0.2) is 53.4 Å². The van der Waals surface area contributed by atoms with E-state index in [1.807, 2.05) is 6.07 Å². The highest BCUT2D eigenvalue weighted by Crippen LogP contribution is 2.40. The first-order valence-electron chi connectivity index (χ1n) is 9.76. The van der Waals surface area contributed by atoms with E-state index in [1.165, 1.54) is 37.8 Å². The number of hydrogen-bond acceptors (Lipinski definition) is 8. The Balaban J connectivity index is 2.25. The average molecular weight is 489 g/mol. The van der Waals surface area contributed by atoms with Gasteiger partial charge in [0.15, 0.2) is 5.69 Å². The minimum Gasteiger partial charge on any atom is -0.469 e. The van der Waals surface area contributed by atoms with Gasteiger partial charge in [-0.05, 0) is 24.3 Å². The summed E-state index contributed by atoms with van der Waals surface area (Å²) < 4.78 is 16.0. The summed E-state index contributed by atoms with van der Waals surface area (Å²) in [5.41, 5.74) is 0.986. The lowest BCUT2D eigenvalue weighted by Gasteiger charge is -2.10. The van der Waals surface area contributed by atoms with Crippen molar-refractivity contribution in [3.8, 4) is 16.9 Å². The fourth-order valence-corrected chi connectivity index (χ4v) is 4.46. The highest BCUT2D eigenvalue weighted by molar-refractivity contribution is 7.99. The number of thioether (sulfide) groups is 1. The van der Waals surface area contributed by atoms with Gasteiger partial charge in [-0.25, -0.2) is 14.3 Å². The van der Waals surface area contributed by atoms with Crippen LogP contribution in [0.25, 0.3) is 16.9 Å². The monoisotopic (exact) mass is 488 g/mol. The van der Waals surface area contributed by atoms with E-state index in [2.05, 4.69) is 5.10 Å². The summed E-state index contributed by atoms with van der Waals surface area (Å²) in [6.45, 7) is 0. The number of aromatic nitrogens is 2. The predicted molar refractivity (Wildman–Crippen MR) is 124 cm³/mol. The summed E-state index contributed by atoms with van der Waals surface area (Å²) in [5, 5.41) is 4.91. The second-order valence-electron chi connectivity index (χ2n) is 6.59. The average Bonchev–Trinajstić information content (AvgIpc) is 3.23.